The van der Waals surface area contributed by atoms with Gasteiger partial charge >= 0.3 is 0 Å². The van der Waals surface area contributed by atoms with Gasteiger partial charge in [-0.15, -0.1) is 0 Å². The summed E-state index contributed by atoms with van der Waals surface area (Å²) in [6.07, 6.45) is 0.773. The first-order chi connectivity index (χ1) is 7.66. The van der Waals surface area contributed by atoms with Crippen LogP contribution in [0.15, 0.2) is 24.3 Å². The first-order valence-electron chi connectivity index (χ1n) is 5.68. The number of rotatable bonds is 2. The van der Waals surface area contributed by atoms with Crippen LogP contribution in [-0.4, -0.2) is 18.6 Å². The number of carbonyl (C=O) groups is 1. The van der Waals surface area contributed by atoms with Gasteiger partial charge in [0, 0.05) is 6.04 Å². The van der Waals surface area contributed by atoms with Gasteiger partial charge in [0.05, 0.1) is 5.92 Å². The minimum Gasteiger partial charge on any atom is -0.492 e. The molecule has 0 bridgehead atoms. The number of fused-ring (bicyclic) bond motifs is 1. The number of hydrogen-bond acceptors (Lipinski definition) is 2. The number of para-hydroxylation sites is 1. The van der Waals surface area contributed by atoms with Crippen LogP contribution in [-0.2, 0) is 11.2 Å². The van der Waals surface area contributed by atoms with E-state index >= 15 is 0 Å². The van der Waals surface area contributed by atoms with Crippen LogP contribution >= 0.6 is 0 Å². The van der Waals surface area contributed by atoms with Gasteiger partial charge in [-0.25, -0.2) is 0 Å². The highest BCUT2D eigenvalue weighted by Gasteiger charge is 2.25. The molecule has 0 fully saturated rings. The van der Waals surface area contributed by atoms with Gasteiger partial charge in [0.15, 0.2) is 0 Å². The van der Waals surface area contributed by atoms with E-state index in [2.05, 4.69) is 5.32 Å². The van der Waals surface area contributed by atoms with Crippen molar-refractivity contribution in [3.63, 3.8) is 0 Å². The molecule has 1 aromatic carbocycles. The van der Waals surface area contributed by atoms with Crippen LogP contribution in [0.25, 0.3) is 0 Å². The van der Waals surface area contributed by atoms with Crippen molar-refractivity contribution in [1.29, 1.82) is 0 Å². The van der Waals surface area contributed by atoms with Crippen molar-refractivity contribution in [2.75, 3.05) is 6.61 Å². The van der Waals surface area contributed by atoms with E-state index < -0.39 is 0 Å². The zero-order valence-electron chi connectivity index (χ0n) is 9.69. The molecule has 0 spiro atoms. The van der Waals surface area contributed by atoms with Crippen molar-refractivity contribution in [2.24, 2.45) is 5.92 Å². The largest absolute Gasteiger partial charge is 0.492 e. The Kier molecular flexibility index (Phi) is 3.13. The van der Waals surface area contributed by atoms with Crippen LogP contribution in [0, 0.1) is 5.92 Å². The summed E-state index contributed by atoms with van der Waals surface area (Å²) < 4.78 is 5.58. The second-order valence-electron chi connectivity index (χ2n) is 4.48. The third-order valence-corrected chi connectivity index (χ3v) is 2.68. The number of nitrogens with one attached hydrogen (secondary N) is 1. The quantitative estimate of drug-likeness (QED) is 0.823. The Hall–Kier alpha value is -1.51. The summed E-state index contributed by atoms with van der Waals surface area (Å²) >= 11 is 0. The van der Waals surface area contributed by atoms with Gasteiger partial charge in [0.1, 0.15) is 12.4 Å². The van der Waals surface area contributed by atoms with Gasteiger partial charge in [-0.2, -0.15) is 0 Å². The van der Waals surface area contributed by atoms with Gasteiger partial charge in [-0.1, -0.05) is 18.2 Å². The zero-order chi connectivity index (χ0) is 11.5. The predicted octanol–water partition coefficient (Wildman–Crippen LogP) is 1.76. The molecule has 16 heavy (non-hydrogen) atoms. The van der Waals surface area contributed by atoms with Gasteiger partial charge in [-0.05, 0) is 31.9 Å². The summed E-state index contributed by atoms with van der Waals surface area (Å²) in [5.74, 6) is 0.943. The molecule has 0 aromatic heterocycles. The van der Waals surface area contributed by atoms with Crippen molar-refractivity contribution >= 4 is 5.91 Å². The lowest BCUT2D eigenvalue weighted by Gasteiger charge is -2.25. The highest BCUT2D eigenvalue weighted by molar-refractivity contribution is 5.79. The Balaban J connectivity index is 2.05. The molecule has 0 saturated heterocycles. The fourth-order valence-electron chi connectivity index (χ4n) is 1.90. The highest BCUT2D eigenvalue weighted by Crippen LogP contribution is 2.26. The van der Waals surface area contributed by atoms with Crippen molar-refractivity contribution in [3.05, 3.63) is 29.8 Å². The minimum atomic E-state index is -0.0581. The topological polar surface area (TPSA) is 38.3 Å². The molecule has 1 N–H and O–H groups in total. The van der Waals surface area contributed by atoms with E-state index in [1.807, 2.05) is 38.1 Å². The second-order valence-corrected chi connectivity index (χ2v) is 4.48. The van der Waals surface area contributed by atoms with Crippen molar-refractivity contribution in [2.45, 2.75) is 26.3 Å². The summed E-state index contributed by atoms with van der Waals surface area (Å²) in [6, 6.07) is 8.08. The summed E-state index contributed by atoms with van der Waals surface area (Å²) in [6.45, 7) is 4.42. The minimum absolute atomic E-state index is 0.0581. The maximum Gasteiger partial charge on any atom is 0.227 e. The lowest BCUT2D eigenvalue weighted by atomic mass is 9.96. The van der Waals surface area contributed by atoms with Crippen LogP contribution in [0.3, 0.4) is 0 Å². The number of hydrogen-bond donors (Lipinski definition) is 1. The van der Waals surface area contributed by atoms with Crippen LogP contribution in [0.1, 0.15) is 19.4 Å². The summed E-state index contributed by atoms with van der Waals surface area (Å²) in [5, 5.41) is 2.92. The molecule has 86 valence electrons. The zero-order valence-corrected chi connectivity index (χ0v) is 9.69. The molecule has 2 rings (SSSR count). The molecular formula is C13H17NO2. The van der Waals surface area contributed by atoms with E-state index in [0.29, 0.717) is 6.61 Å². The van der Waals surface area contributed by atoms with Crippen LogP contribution in [0.4, 0.5) is 0 Å². The molecule has 0 aliphatic carbocycles. The molecule has 0 radical (unpaired) electrons. The smallest absolute Gasteiger partial charge is 0.227 e. The van der Waals surface area contributed by atoms with Gasteiger partial charge in [0.25, 0.3) is 0 Å². The van der Waals surface area contributed by atoms with E-state index in [4.69, 9.17) is 4.74 Å². The number of benzene rings is 1. The molecule has 1 aliphatic rings. The lowest BCUT2D eigenvalue weighted by Crippen LogP contribution is -2.40. The van der Waals surface area contributed by atoms with Gasteiger partial charge < -0.3 is 10.1 Å². The molecule has 1 aromatic rings. The number of ether oxygens (including phenoxy) is 1. The van der Waals surface area contributed by atoms with Crippen LogP contribution in [0.2, 0.25) is 0 Å². The fourth-order valence-corrected chi connectivity index (χ4v) is 1.90. The Morgan fingerprint density at radius 3 is 2.94 bits per heavy atom. The van der Waals surface area contributed by atoms with E-state index in [1.54, 1.807) is 0 Å². The molecule has 3 heteroatoms. The van der Waals surface area contributed by atoms with Gasteiger partial charge in [-0.3, -0.25) is 4.79 Å². The summed E-state index contributed by atoms with van der Waals surface area (Å²) in [7, 11) is 0. The standard InChI is InChI=1S/C13H17NO2/c1-9(2)14-13(15)11-7-10-5-3-4-6-12(10)16-8-11/h3-6,9,11H,7-8H2,1-2H3,(H,14,15). The summed E-state index contributed by atoms with van der Waals surface area (Å²) in [4.78, 5) is 11.8. The van der Waals surface area contributed by atoms with Crippen molar-refractivity contribution in [1.82, 2.24) is 5.32 Å². The predicted molar refractivity (Wildman–Crippen MR) is 62.4 cm³/mol. The monoisotopic (exact) mass is 219 g/mol. The van der Waals surface area contributed by atoms with Crippen LogP contribution < -0.4 is 10.1 Å². The third kappa shape index (κ3) is 2.35. The Morgan fingerprint density at radius 1 is 1.44 bits per heavy atom. The Bertz CT molecular complexity index is 387. The lowest BCUT2D eigenvalue weighted by molar-refractivity contribution is -0.126. The average molecular weight is 219 g/mol. The molecule has 1 heterocycles. The van der Waals surface area contributed by atoms with E-state index in [0.717, 1.165) is 17.7 Å². The average Bonchev–Trinajstić information content (AvgIpc) is 2.27. The van der Waals surface area contributed by atoms with Crippen molar-refractivity contribution in [3.8, 4) is 5.75 Å². The fraction of sp³-hybridized carbons (Fsp3) is 0.462. The first kappa shape index (κ1) is 11.0. The van der Waals surface area contributed by atoms with E-state index in [-0.39, 0.29) is 17.9 Å². The molecule has 3 nitrogen and oxygen atoms in total. The second kappa shape index (κ2) is 4.56. The number of carbonyl (C=O) groups excluding carboxylic acids is 1. The molecule has 1 atom stereocenters. The SMILES string of the molecule is CC(C)NC(=O)C1COc2ccccc2C1. The van der Waals surface area contributed by atoms with E-state index in [9.17, 15) is 4.79 Å². The third-order valence-electron chi connectivity index (χ3n) is 2.68. The summed E-state index contributed by atoms with van der Waals surface area (Å²) in [5.41, 5.74) is 1.12. The maximum absolute atomic E-state index is 11.8. The molecular weight excluding hydrogens is 202 g/mol. The maximum atomic E-state index is 11.8. The van der Waals surface area contributed by atoms with Crippen molar-refractivity contribution < 1.29 is 9.53 Å². The molecule has 0 saturated carbocycles. The molecule has 1 amide bonds. The Labute approximate surface area is 95.8 Å². The van der Waals surface area contributed by atoms with E-state index in [1.165, 1.54) is 0 Å². The molecule has 1 unspecified atom stereocenters. The van der Waals surface area contributed by atoms with Crippen LogP contribution in [0.5, 0.6) is 5.75 Å². The number of amides is 1. The normalized spacial score (nSPS) is 18.8. The highest BCUT2D eigenvalue weighted by atomic mass is 16.5. The van der Waals surface area contributed by atoms with Gasteiger partial charge in [0.2, 0.25) is 5.91 Å². The first-order valence-corrected chi connectivity index (χ1v) is 5.68. The molecule has 1 aliphatic heterocycles. The Morgan fingerprint density at radius 2 is 2.19 bits per heavy atom.